The van der Waals surface area contributed by atoms with Gasteiger partial charge in [-0.25, -0.2) is 4.39 Å². The van der Waals surface area contributed by atoms with Gasteiger partial charge >= 0.3 is 0 Å². The van der Waals surface area contributed by atoms with Gasteiger partial charge in [-0.05, 0) is 42.0 Å². The molecule has 2 heteroatoms. The van der Waals surface area contributed by atoms with Crippen molar-refractivity contribution in [3.63, 3.8) is 0 Å². The van der Waals surface area contributed by atoms with Crippen LogP contribution in [0.1, 0.15) is 30.4 Å². The van der Waals surface area contributed by atoms with Crippen LogP contribution in [-0.4, -0.2) is 6.29 Å². The minimum absolute atomic E-state index is 0.0433. The first-order valence-corrected chi connectivity index (χ1v) is 4.96. The largest absolute Gasteiger partial charge is 0.303 e. The number of halogens is 1. The van der Waals surface area contributed by atoms with Gasteiger partial charge in [-0.2, -0.15) is 0 Å². The molecule has 0 aliphatic heterocycles. The van der Waals surface area contributed by atoms with E-state index < -0.39 is 0 Å². The highest BCUT2D eigenvalue weighted by molar-refractivity contribution is 5.56. The smallest absolute Gasteiger partial charge is 0.123 e. The Kier molecular flexibility index (Phi) is 2.36. The molecule has 74 valence electrons. The molecule has 14 heavy (non-hydrogen) atoms. The molecule has 2 rings (SSSR count). The number of hydrogen-bond donors (Lipinski definition) is 0. The van der Waals surface area contributed by atoms with Crippen molar-refractivity contribution in [1.29, 1.82) is 0 Å². The monoisotopic (exact) mass is 192 g/mol. The predicted molar refractivity (Wildman–Crippen MR) is 52.7 cm³/mol. The van der Waals surface area contributed by atoms with E-state index in [-0.39, 0.29) is 11.7 Å². The Hall–Kier alpha value is -1.18. The van der Waals surface area contributed by atoms with Crippen molar-refractivity contribution in [2.24, 2.45) is 5.92 Å². The van der Waals surface area contributed by atoms with Crippen LogP contribution < -0.4 is 0 Å². The molecule has 0 fully saturated rings. The summed E-state index contributed by atoms with van der Waals surface area (Å²) in [7, 11) is 0. The number of aryl methyl sites for hydroxylation is 1. The zero-order valence-electron chi connectivity index (χ0n) is 8.16. The Morgan fingerprint density at radius 2 is 2.36 bits per heavy atom. The summed E-state index contributed by atoms with van der Waals surface area (Å²) in [6, 6.07) is 4.89. The Morgan fingerprint density at radius 1 is 1.57 bits per heavy atom. The van der Waals surface area contributed by atoms with Gasteiger partial charge in [-0.3, -0.25) is 0 Å². The molecule has 0 saturated heterocycles. The summed E-state index contributed by atoms with van der Waals surface area (Å²) in [5, 5.41) is 0. The average molecular weight is 192 g/mol. The zero-order chi connectivity index (χ0) is 10.1. The Bertz CT molecular complexity index is 359. The van der Waals surface area contributed by atoms with Crippen LogP contribution in [0.4, 0.5) is 4.39 Å². The Labute approximate surface area is 82.9 Å². The van der Waals surface area contributed by atoms with Crippen molar-refractivity contribution in [3.05, 3.63) is 35.1 Å². The van der Waals surface area contributed by atoms with Gasteiger partial charge in [0.05, 0.1) is 0 Å². The maximum absolute atomic E-state index is 12.9. The van der Waals surface area contributed by atoms with E-state index in [0.717, 1.165) is 30.3 Å². The fourth-order valence-electron chi connectivity index (χ4n) is 2.26. The van der Waals surface area contributed by atoms with Gasteiger partial charge in [0.2, 0.25) is 0 Å². The lowest BCUT2D eigenvalue weighted by atomic mass is 9.90. The third-order valence-electron chi connectivity index (χ3n) is 3.08. The van der Waals surface area contributed by atoms with Crippen LogP contribution in [0.15, 0.2) is 18.2 Å². The molecule has 0 bridgehead atoms. The fourth-order valence-corrected chi connectivity index (χ4v) is 2.26. The summed E-state index contributed by atoms with van der Waals surface area (Å²) in [5.41, 5.74) is 2.23. The van der Waals surface area contributed by atoms with E-state index in [2.05, 4.69) is 0 Å². The topological polar surface area (TPSA) is 17.1 Å². The third-order valence-corrected chi connectivity index (χ3v) is 3.08. The molecular formula is C12H13FO. The molecule has 0 aromatic heterocycles. The van der Waals surface area contributed by atoms with Crippen LogP contribution >= 0.6 is 0 Å². The van der Waals surface area contributed by atoms with Crippen molar-refractivity contribution in [3.8, 4) is 0 Å². The molecule has 0 heterocycles. The molecule has 1 aromatic carbocycles. The fraction of sp³-hybridized carbons (Fsp3) is 0.417. The SMILES string of the molecule is CC(C=O)C1CCc2cc(F)ccc21. The number of aldehydes is 1. The van der Waals surface area contributed by atoms with Crippen LogP contribution in [0.3, 0.4) is 0 Å². The van der Waals surface area contributed by atoms with E-state index in [1.807, 2.05) is 13.0 Å². The van der Waals surface area contributed by atoms with Gasteiger partial charge in [0.1, 0.15) is 12.1 Å². The second kappa shape index (κ2) is 3.52. The molecule has 1 aliphatic rings. The van der Waals surface area contributed by atoms with E-state index in [4.69, 9.17) is 0 Å². The van der Waals surface area contributed by atoms with E-state index in [9.17, 15) is 9.18 Å². The van der Waals surface area contributed by atoms with Crippen molar-refractivity contribution < 1.29 is 9.18 Å². The summed E-state index contributed by atoms with van der Waals surface area (Å²) in [5.74, 6) is 0.160. The molecule has 0 amide bonds. The van der Waals surface area contributed by atoms with Gasteiger partial charge in [0.25, 0.3) is 0 Å². The summed E-state index contributed by atoms with van der Waals surface area (Å²) in [6.45, 7) is 1.93. The molecule has 1 aromatic rings. The van der Waals surface area contributed by atoms with Crippen molar-refractivity contribution in [2.45, 2.75) is 25.7 Å². The molecule has 0 spiro atoms. The lowest BCUT2D eigenvalue weighted by molar-refractivity contribution is -0.111. The van der Waals surface area contributed by atoms with E-state index in [1.54, 1.807) is 6.07 Å². The highest BCUT2D eigenvalue weighted by Crippen LogP contribution is 2.37. The minimum atomic E-state index is -0.178. The van der Waals surface area contributed by atoms with E-state index in [0.29, 0.717) is 5.92 Å². The Balaban J connectivity index is 2.35. The average Bonchev–Trinajstić information content (AvgIpc) is 2.59. The second-order valence-electron chi connectivity index (χ2n) is 3.98. The number of benzene rings is 1. The lowest BCUT2D eigenvalue weighted by Crippen LogP contribution is -2.07. The molecule has 2 unspecified atom stereocenters. The van der Waals surface area contributed by atoms with Crippen LogP contribution in [0.25, 0.3) is 0 Å². The van der Waals surface area contributed by atoms with Crippen molar-refractivity contribution in [2.75, 3.05) is 0 Å². The summed E-state index contributed by atoms with van der Waals surface area (Å²) < 4.78 is 12.9. The number of carbonyl (C=O) groups excluding carboxylic acids is 1. The highest BCUT2D eigenvalue weighted by Gasteiger charge is 2.26. The quantitative estimate of drug-likeness (QED) is 0.658. The normalized spacial score (nSPS) is 21.7. The van der Waals surface area contributed by atoms with Crippen LogP contribution in [-0.2, 0) is 11.2 Å². The van der Waals surface area contributed by atoms with Gasteiger partial charge in [0, 0.05) is 5.92 Å². The second-order valence-corrected chi connectivity index (χ2v) is 3.98. The van der Waals surface area contributed by atoms with Crippen LogP contribution in [0.2, 0.25) is 0 Å². The van der Waals surface area contributed by atoms with Gasteiger partial charge in [-0.1, -0.05) is 13.0 Å². The first-order valence-electron chi connectivity index (χ1n) is 4.96. The molecule has 0 saturated carbocycles. The zero-order valence-corrected chi connectivity index (χ0v) is 8.16. The van der Waals surface area contributed by atoms with Crippen molar-refractivity contribution in [1.82, 2.24) is 0 Å². The summed E-state index contributed by atoms with van der Waals surface area (Å²) in [6.07, 6.45) is 2.86. The molecule has 0 radical (unpaired) electrons. The standard InChI is InChI=1S/C12H13FO/c1-8(7-14)11-4-2-9-6-10(13)3-5-12(9)11/h3,5-8,11H,2,4H2,1H3. The summed E-state index contributed by atoms with van der Waals surface area (Å²) >= 11 is 0. The maximum atomic E-state index is 12.9. The number of fused-ring (bicyclic) bond motifs is 1. The van der Waals surface area contributed by atoms with Gasteiger partial charge in [-0.15, -0.1) is 0 Å². The predicted octanol–water partition coefficient (Wildman–Crippen LogP) is 2.69. The number of carbonyl (C=O) groups is 1. The molecular weight excluding hydrogens is 179 g/mol. The first kappa shape index (κ1) is 9.38. The van der Waals surface area contributed by atoms with Gasteiger partial charge < -0.3 is 4.79 Å². The number of rotatable bonds is 2. The first-order chi connectivity index (χ1) is 6.72. The summed E-state index contributed by atoms with van der Waals surface area (Å²) in [4.78, 5) is 10.7. The lowest BCUT2D eigenvalue weighted by Gasteiger charge is -2.14. The highest BCUT2D eigenvalue weighted by atomic mass is 19.1. The maximum Gasteiger partial charge on any atom is 0.123 e. The molecule has 1 aliphatic carbocycles. The Morgan fingerprint density at radius 3 is 3.07 bits per heavy atom. The third kappa shape index (κ3) is 1.45. The number of hydrogen-bond acceptors (Lipinski definition) is 1. The van der Waals surface area contributed by atoms with E-state index in [1.165, 1.54) is 6.07 Å². The molecule has 2 atom stereocenters. The molecule has 0 N–H and O–H groups in total. The van der Waals surface area contributed by atoms with Crippen LogP contribution in [0.5, 0.6) is 0 Å². The van der Waals surface area contributed by atoms with Crippen LogP contribution in [0, 0.1) is 11.7 Å². The minimum Gasteiger partial charge on any atom is -0.303 e. The van der Waals surface area contributed by atoms with Crippen molar-refractivity contribution >= 4 is 6.29 Å². The molecule has 1 nitrogen and oxygen atoms in total. The van der Waals surface area contributed by atoms with E-state index >= 15 is 0 Å². The van der Waals surface area contributed by atoms with Gasteiger partial charge in [0.15, 0.2) is 0 Å².